The summed E-state index contributed by atoms with van der Waals surface area (Å²) in [6, 6.07) is 17.5. The van der Waals surface area contributed by atoms with Crippen LogP contribution in [0.3, 0.4) is 0 Å². The van der Waals surface area contributed by atoms with Gasteiger partial charge in [-0.25, -0.2) is 8.42 Å². The molecule has 0 aliphatic heterocycles. The molecule has 0 fully saturated rings. The number of hydrogen-bond acceptors (Lipinski definition) is 7. The number of sulfonamides is 1. The Kier molecular flexibility index (Phi) is 8.49. The summed E-state index contributed by atoms with van der Waals surface area (Å²) in [7, 11) is -1.11. The van der Waals surface area contributed by atoms with Gasteiger partial charge in [-0.05, 0) is 48.4 Å². The van der Waals surface area contributed by atoms with Gasteiger partial charge in [-0.2, -0.15) is 0 Å². The fraction of sp³-hybridized carbons (Fsp3) is 0.240. The fourth-order valence-corrected chi connectivity index (χ4v) is 5.08. The second kappa shape index (κ2) is 11.5. The average molecular weight is 514 g/mol. The molecular formula is C25H27N3O7S. The Balaban J connectivity index is 1.91. The standard InChI is InChI=1S/C25H27N3O7S/c1-4-22(18-10-15-23(34-2)24(16-18)35-3)26-25(29)17-27(19-11-13-20(14-12-19)28(30)31)36(32,33)21-8-6-5-7-9-21/h5-16,22H,4,17H2,1-3H3,(H,26,29). The van der Waals surface area contributed by atoms with Crippen molar-refractivity contribution < 1.29 is 27.6 Å². The molecule has 1 N–H and O–H groups in total. The van der Waals surface area contributed by atoms with Crippen LogP contribution in [-0.2, 0) is 14.8 Å². The van der Waals surface area contributed by atoms with Crippen molar-refractivity contribution in [1.82, 2.24) is 5.32 Å². The molecular weight excluding hydrogens is 486 g/mol. The van der Waals surface area contributed by atoms with Crippen LogP contribution in [0, 0.1) is 10.1 Å². The summed E-state index contributed by atoms with van der Waals surface area (Å²) in [5.74, 6) is 0.497. The third-order valence-electron chi connectivity index (χ3n) is 5.52. The van der Waals surface area contributed by atoms with Crippen LogP contribution in [0.1, 0.15) is 24.9 Å². The number of anilines is 1. The smallest absolute Gasteiger partial charge is 0.269 e. The Labute approximate surface area is 209 Å². The summed E-state index contributed by atoms with van der Waals surface area (Å²) in [4.78, 5) is 23.6. The van der Waals surface area contributed by atoms with E-state index in [0.717, 1.165) is 9.87 Å². The number of amides is 1. The second-order valence-electron chi connectivity index (χ2n) is 7.74. The highest BCUT2D eigenvalue weighted by atomic mass is 32.2. The maximum atomic E-state index is 13.4. The summed E-state index contributed by atoms with van der Waals surface area (Å²) < 4.78 is 38.4. The highest BCUT2D eigenvalue weighted by Crippen LogP contribution is 2.31. The molecule has 3 rings (SSSR count). The van der Waals surface area contributed by atoms with E-state index in [1.165, 1.54) is 50.6 Å². The summed E-state index contributed by atoms with van der Waals surface area (Å²) in [5.41, 5.74) is 0.690. The molecule has 0 aliphatic carbocycles. The van der Waals surface area contributed by atoms with E-state index in [2.05, 4.69) is 5.32 Å². The van der Waals surface area contributed by atoms with Crippen molar-refractivity contribution >= 4 is 27.3 Å². The predicted octanol–water partition coefficient (Wildman–Crippen LogP) is 4.07. The van der Waals surface area contributed by atoms with Crippen LogP contribution in [0.15, 0.2) is 77.7 Å². The van der Waals surface area contributed by atoms with Crippen molar-refractivity contribution in [3.63, 3.8) is 0 Å². The number of nitrogens with one attached hydrogen (secondary N) is 1. The van der Waals surface area contributed by atoms with Crippen LogP contribution in [0.2, 0.25) is 0 Å². The second-order valence-corrected chi connectivity index (χ2v) is 9.60. The van der Waals surface area contributed by atoms with E-state index in [-0.39, 0.29) is 16.3 Å². The molecule has 1 atom stereocenters. The van der Waals surface area contributed by atoms with E-state index < -0.39 is 33.4 Å². The number of nitro benzene ring substituents is 1. The molecule has 3 aromatic rings. The monoisotopic (exact) mass is 513 g/mol. The van der Waals surface area contributed by atoms with E-state index >= 15 is 0 Å². The van der Waals surface area contributed by atoms with Gasteiger partial charge in [0.25, 0.3) is 15.7 Å². The molecule has 10 nitrogen and oxygen atoms in total. The first-order valence-electron chi connectivity index (χ1n) is 11.0. The minimum absolute atomic E-state index is 0.0110. The summed E-state index contributed by atoms with van der Waals surface area (Å²) in [5, 5.41) is 13.9. The molecule has 0 saturated carbocycles. The van der Waals surface area contributed by atoms with E-state index in [4.69, 9.17) is 9.47 Å². The number of carbonyl (C=O) groups is 1. The summed E-state index contributed by atoms with van der Waals surface area (Å²) in [6.07, 6.45) is 0.532. The zero-order valence-electron chi connectivity index (χ0n) is 20.1. The van der Waals surface area contributed by atoms with Crippen LogP contribution in [-0.4, -0.2) is 40.0 Å². The average Bonchev–Trinajstić information content (AvgIpc) is 2.90. The zero-order valence-corrected chi connectivity index (χ0v) is 20.9. The van der Waals surface area contributed by atoms with Crippen LogP contribution in [0.25, 0.3) is 0 Å². The summed E-state index contributed by atoms with van der Waals surface area (Å²) >= 11 is 0. The van der Waals surface area contributed by atoms with E-state index in [9.17, 15) is 23.3 Å². The molecule has 11 heteroatoms. The molecule has 36 heavy (non-hydrogen) atoms. The van der Waals surface area contributed by atoms with Gasteiger partial charge in [-0.3, -0.25) is 19.2 Å². The first kappa shape index (κ1) is 26.5. The first-order valence-corrected chi connectivity index (χ1v) is 12.5. The van der Waals surface area contributed by atoms with Crippen LogP contribution in [0.5, 0.6) is 11.5 Å². The molecule has 0 saturated heterocycles. The van der Waals surface area contributed by atoms with Gasteiger partial charge in [-0.15, -0.1) is 0 Å². The van der Waals surface area contributed by atoms with Gasteiger partial charge in [0.2, 0.25) is 5.91 Å². The molecule has 0 spiro atoms. The van der Waals surface area contributed by atoms with Crippen molar-refractivity contribution in [1.29, 1.82) is 0 Å². The number of nitro groups is 1. The molecule has 3 aromatic carbocycles. The maximum Gasteiger partial charge on any atom is 0.269 e. The van der Waals surface area contributed by atoms with Crippen molar-refractivity contribution in [3.8, 4) is 11.5 Å². The van der Waals surface area contributed by atoms with E-state index in [0.29, 0.717) is 17.9 Å². The number of hydrogen-bond donors (Lipinski definition) is 1. The lowest BCUT2D eigenvalue weighted by atomic mass is 10.0. The normalized spacial score (nSPS) is 11.9. The van der Waals surface area contributed by atoms with Crippen molar-refractivity contribution in [2.75, 3.05) is 25.1 Å². The highest BCUT2D eigenvalue weighted by molar-refractivity contribution is 7.92. The van der Waals surface area contributed by atoms with Gasteiger partial charge >= 0.3 is 0 Å². The molecule has 0 aromatic heterocycles. The fourth-order valence-electron chi connectivity index (χ4n) is 3.64. The molecule has 0 radical (unpaired) electrons. The third-order valence-corrected chi connectivity index (χ3v) is 7.31. The Bertz CT molecular complexity index is 1310. The topological polar surface area (TPSA) is 128 Å². The van der Waals surface area contributed by atoms with Gasteiger partial charge in [0.15, 0.2) is 11.5 Å². The van der Waals surface area contributed by atoms with Gasteiger partial charge < -0.3 is 14.8 Å². The van der Waals surface area contributed by atoms with Gasteiger partial charge in [0.1, 0.15) is 6.54 Å². The van der Waals surface area contributed by atoms with E-state index in [1.807, 2.05) is 6.92 Å². The lowest BCUT2D eigenvalue weighted by Crippen LogP contribution is -2.42. The molecule has 190 valence electrons. The minimum Gasteiger partial charge on any atom is -0.493 e. The maximum absolute atomic E-state index is 13.4. The highest BCUT2D eigenvalue weighted by Gasteiger charge is 2.28. The zero-order chi connectivity index (χ0) is 26.3. The van der Waals surface area contributed by atoms with Crippen LogP contribution in [0.4, 0.5) is 11.4 Å². The molecule has 0 bridgehead atoms. The Hall–Kier alpha value is -4.12. The van der Waals surface area contributed by atoms with Gasteiger partial charge in [0.05, 0.1) is 35.8 Å². The molecule has 0 aliphatic rings. The van der Waals surface area contributed by atoms with Gasteiger partial charge in [-0.1, -0.05) is 31.2 Å². The Morgan fingerprint density at radius 3 is 2.19 bits per heavy atom. The lowest BCUT2D eigenvalue weighted by molar-refractivity contribution is -0.384. The lowest BCUT2D eigenvalue weighted by Gasteiger charge is -2.26. The predicted molar refractivity (Wildman–Crippen MR) is 135 cm³/mol. The van der Waals surface area contributed by atoms with Gasteiger partial charge in [0, 0.05) is 12.1 Å². The number of rotatable bonds is 11. The third kappa shape index (κ3) is 5.92. The molecule has 1 amide bonds. The van der Waals surface area contributed by atoms with Crippen LogP contribution >= 0.6 is 0 Å². The van der Waals surface area contributed by atoms with Crippen molar-refractivity contribution in [3.05, 3.63) is 88.5 Å². The summed E-state index contributed by atoms with van der Waals surface area (Å²) in [6.45, 7) is 1.36. The van der Waals surface area contributed by atoms with Crippen molar-refractivity contribution in [2.24, 2.45) is 0 Å². The van der Waals surface area contributed by atoms with Crippen LogP contribution < -0.4 is 19.1 Å². The Morgan fingerprint density at radius 1 is 1.00 bits per heavy atom. The molecule has 0 heterocycles. The molecule has 1 unspecified atom stereocenters. The number of ether oxygens (including phenoxy) is 2. The first-order chi connectivity index (χ1) is 17.2. The minimum atomic E-state index is -4.14. The number of benzene rings is 3. The van der Waals surface area contributed by atoms with Crippen molar-refractivity contribution in [2.45, 2.75) is 24.3 Å². The number of nitrogens with zero attached hydrogens (tertiary/aromatic N) is 2. The quantitative estimate of drug-likeness (QED) is 0.302. The Morgan fingerprint density at radius 2 is 1.64 bits per heavy atom. The number of methoxy groups -OCH3 is 2. The number of non-ortho nitro benzene ring substituents is 1. The SMILES string of the molecule is CCC(NC(=O)CN(c1ccc([N+](=O)[O-])cc1)S(=O)(=O)c1ccccc1)c1ccc(OC)c(OC)c1. The number of carbonyl (C=O) groups excluding carboxylic acids is 1. The van der Waals surface area contributed by atoms with E-state index in [1.54, 1.807) is 36.4 Å². The largest absolute Gasteiger partial charge is 0.493 e.